The number of aliphatic hydroxyl groups excluding tert-OH is 1. The lowest BCUT2D eigenvalue weighted by Gasteiger charge is -2.08. The van der Waals surface area contributed by atoms with Crippen molar-refractivity contribution in [1.29, 1.82) is 0 Å². The van der Waals surface area contributed by atoms with E-state index in [0.717, 1.165) is 0 Å². The predicted octanol–water partition coefficient (Wildman–Crippen LogP) is 0.748. The minimum Gasteiger partial charge on any atom is -0.494 e. The number of rotatable bonds is 6. The van der Waals surface area contributed by atoms with Gasteiger partial charge in [-0.05, 0) is 37.1 Å². The quantitative estimate of drug-likeness (QED) is 0.724. The molecule has 0 saturated heterocycles. The van der Waals surface area contributed by atoms with Gasteiger partial charge in [-0.15, -0.1) is 0 Å². The van der Waals surface area contributed by atoms with Crippen molar-refractivity contribution in [2.75, 3.05) is 6.61 Å². The number of thiol groups is 1. The van der Waals surface area contributed by atoms with Crippen LogP contribution >= 0.6 is 0 Å². The van der Waals surface area contributed by atoms with Crippen molar-refractivity contribution in [1.82, 2.24) is 0 Å². The Hall–Kier alpha value is -1.07. The number of hydrogen-bond donors (Lipinski definition) is 2. The number of benzene rings is 1. The molecule has 1 atom stereocenters. The van der Waals surface area contributed by atoms with Crippen molar-refractivity contribution in [2.24, 2.45) is 0 Å². The Morgan fingerprint density at radius 2 is 2.31 bits per heavy atom. The molecule has 0 spiro atoms. The van der Waals surface area contributed by atoms with E-state index in [1.54, 1.807) is 25.1 Å². The minimum atomic E-state index is -2.38. The molecule has 1 rings (SSSR count). The van der Waals surface area contributed by atoms with Gasteiger partial charge in [0.15, 0.2) is 0 Å². The average molecular weight is 243 g/mol. The van der Waals surface area contributed by atoms with Gasteiger partial charge in [-0.25, -0.2) is 8.42 Å². The van der Waals surface area contributed by atoms with E-state index < -0.39 is 10.7 Å². The van der Waals surface area contributed by atoms with Crippen molar-refractivity contribution in [3.63, 3.8) is 0 Å². The second-order valence-corrected chi connectivity index (χ2v) is 4.93. The van der Waals surface area contributed by atoms with E-state index >= 15 is 0 Å². The van der Waals surface area contributed by atoms with Gasteiger partial charge in [0.05, 0.1) is 18.5 Å². The highest BCUT2D eigenvalue weighted by atomic mass is 32.2. The summed E-state index contributed by atoms with van der Waals surface area (Å²) in [6, 6.07) is 7.92. The summed E-state index contributed by atoms with van der Waals surface area (Å²) in [4.78, 5) is 0. The zero-order valence-corrected chi connectivity index (χ0v) is 9.94. The summed E-state index contributed by atoms with van der Waals surface area (Å²) < 4.78 is 26.5. The summed E-state index contributed by atoms with van der Waals surface area (Å²) in [6.45, 7) is 1.91. The van der Waals surface area contributed by atoms with E-state index in [2.05, 4.69) is 6.07 Å². The fourth-order valence-corrected chi connectivity index (χ4v) is 1.44. The number of ether oxygens (including phenoxy) is 1. The topological polar surface area (TPSA) is 63.6 Å². The lowest BCUT2D eigenvalue weighted by atomic mass is 10.2. The van der Waals surface area contributed by atoms with Crippen LogP contribution in [0.25, 0.3) is 0 Å². The summed E-state index contributed by atoms with van der Waals surface area (Å²) >= 11 is 0. The lowest BCUT2D eigenvalue weighted by molar-refractivity contribution is 0.278. The smallest absolute Gasteiger partial charge is 0.142 e. The summed E-state index contributed by atoms with van der Waals surface area (Å²) in [7, 11) is -2.38. The zero-order chi connectivity index (χ0) is 12.0. The molecule has 16 heavy (non-hydrogen) atoms. The molecule has 1 unspecified atom stereocenters. The Bertz CT molecular complexity index is 393. The molecule has 1 aromatic carbocycles. The van der Waals surface area contributed by atoms with E-state index in [1.807, 2.05) is 0 Å². The third-order valence-electron chi connectivity index (χ3n) is 2.17. The van der Waals surface area contributed by atoms with Crippen LogP contribution in [0.15, 0.2) is 18.2 Å². The van der Waals surface area contributed by atoms with E-state index in [0.29, 0.717) is 24.3 Å². The molecule has 0 amide bonds. The fraction of sp³-hybridized carbons (Fsp3) is 0.455. The Morgan fingerprint density at radius 3 is 2.94 bits per heavy atom. The van der Waals surface area contributed by atoms with Gasteiger partial charge in [-0.2, -0.15) is 0 Å². The maximum absolute atomic E-state index is 10.6. The first-order valence-electron chi connectivity index (χ1n) is 5.01. The van der Waals surface area contributed by atoms with E-state index in [4.69, 9.17) is 9.84 Å². The van der Waals surface area contributed by atoms with Gasteiger partial charge in [0.1, 0.15) is 16.5 Å². The first-order valence-corrected chi connectivity index (χ1v) is 6.26. The Balaban J connectivity index is 2.42. The molecule has 5 heteroatoms. The standard InChI is InChI=1S/C11H15O4S/c1-9(16(13)14)5-6-15-11-4-2-3-10(7-11)8-12/h2,4,7,9,12,16H,5-6,8H2,1H3. The molecule has 0 aliphatic carbocycles. The van der Waals surface area contributed by atoms with Crippen LogP contribution in [0.1, 0.15) is 18.9 Å². The molecule has 0 aliphatic heterocycles. The highest BCUT2D eigenvalue weighted by molar-refractivity contribution is 7.73. The molecule has 0 aromatic heterocycles. The van der Waals surface area contributed by atoms with Crippen LogP contribution in [-0.2, 0) is 17.3 Å². The number of hydrogen-bond acceptors (Lipinski definition) is 4. The molecular weight excluding hydrogens is 228 g/mol. The molecule has 89 valence electrons. The second-order valence-electron chi connectivity index (χ2n) is 3.48. The normalized spacial score (nSPS) is 12.7. The maximum atomic E-state index is 10.6. The molecule has 0 bridgehead atoms. The van der Waals surface area contributed by atoms with Crippen LogP contribution < -0.4 is 4.74 Å². The molecule has 0 fully saturated rings. The lowest BCUT2D eigenvalue weighted by Crippen LogP contribution is -2.10. The second kappa shape index (κ2) is 6.50. The number of aliphatic hydroxyl groups is 1. The molecule has 1 N–H and O–H groups in total. The van der Waals surface area contributed by atoms with E-state index in [1.165, 1.54) is 0 Å². The van der Waals surface area contributed by atoms with Crippen molar-refractivity contribution >= 4 is 10.7 Å². The fourth-order valence-electron chi connectivity index (χ4n) is 1.13. The zero-order valence-electron chi connectivity index (χ0n) is 9.05. The first-order chi connectivity index (χ1) is 7.63. The highest BCUT2D eigenvalue weighted by Gasteiger charge is 2.04. The Kier molecular flexibility index (Phi) is 5.28. The monoisotopic (exact) mass is 243 g/mol. The summed E-state index contributed by atoms with van der Waals surface area (Å²) in [5, 5.41) is 8.51. The first kappa shape index (κ1) is 13.0. The van der Waals surface area contributed by atoms with Gasteiger partial charge in [0.25, 0.3) is 0 Å². The van der Waals surface area contributed by atoms with Crippen LogP contribution in [0.3, 0.4) is 0 Å². The molecule has 0 heterocycles. The van der Waals surface area contributed by atoms with Crippen LogP contribution in [0.2, 0.25) is 0 Å². The molecule has 1 radical (unpaired) electrons. The predicted molar refractivity (Wildman–Crippen MR) is 61.1 cm³/mol. The van der Waals surface area contributed by atoms with Crippen molar-refractivity contribution in [3.05, 3.63) is 29.8 Å². The van der Waals surface area contributed by atoms with Gasteiger partial charge in [0, 0.05) is 0 Å². The van der Waals surface area contributed by atoms with Crippen LogP contribution in [0.5, 0.6) is 5.75 Å². The third kappa shape index (κ3) is 4.20. The van der Waals surface area contributed by atoms with E-state index in [9.17, 15) is 8.42 Å². The van der Waals surface area contributed by atoms with Crippen LogP contribution in [-0.4, -0.2) is 25.4 Å². The minimum absolute atomic E-state index is 0.0833. The van der Waals surface area contributed by atoms with Gasteiger partial charge in [-0.3, -0.25) is 0 Å². The van der Waals surface area contributed by atoms with Gasteiger partial charge in [-0.1, -0.05) is 6.07 Å². The SMILES string of the molecule is CC(CCOc1cc[c]c(CO)c1)[SH](=O)=O. The van der Waals surface area contributed by atoms with Crippen molar-refractivity contribution in [2.45, 2.75) is 25.2 Å². The molecule has 0 saturated carbocycles. The Labute approximate surface area is 96.8 Å². The van der Waals surface area contributed by atoms with Gasteiger partial charge < -0.3 is 9.84 Å². The molecule has 1 aromatic rings. The average Bonchev–Trinajstić information content (AvgIpc) is 2.29. The molecule has 0 aliphatic rings. The van der Waals surface area contributed by atoms with Crippen molar-refractivity contribution in [3.8, 4) is 5.75 Å². The maximum Gasteiger partial charge on any atom is 0.142 e. The Morgan fingerprint density at radius 1 is 1.56 bits per heavy atom. The third-order valence-corrected chi connectivity index (χ3v) is 3.15. The summed E-state index contributed by atoms with van der Waals surface area (Å²) in [5.41, 5.74) is 0.653. The van der Waals surface area contributed by atoms with Crippen LogP contribution in [0, 0.1) is 6.07 Å². The largest absolute Gasteiger partial charge is 0.494 e. The van der Waals surface area contributed by atoms with Gasteiger partial charge >= 0.3 is 0 Å². The van der Waals surface area contributed by atoms with Crippen molar-refractivity contribution < 1.29 is 18.3 Å². The molecule has 4 nitrogen and oxygen atoms in total. The van der Waals surface area contributed by atoms with Gasteiger partial charge in [0.2, 0.25) is 0 Å². The molecular formula is C11H15O4S. The summed E-state index contributed by atoms with van der Waals surface area (Å²) in [6.07, 6.45) is 0.464. The highest BCUT2D eigenvalue weighted by Crippen LogP contribution is 2.13. The van der Waals surface area contributed by atoms with Crippen LogP contribution in [0.4, 0.5) is 0 Å². The van der Waals surface area contributed by atoms with E-state index in [-0.39, 0.29) is 11.9 Å². The summed E-state index contributed by atoms with van der Waals surface area (Å²) in [5.74, 6) is 0.621.